The van der Waals surface area contributed by atoms with Crippen molar-refractivity contribution in [3.05, 3.63) is 59.5 Å². The Labute approximate surface area is 170 Å². The molecule has 1 aliphatic rings. The summed E-state index contributed by atoms with van der Waals surface area (Å²) in [6, 6.07) is 8.71. The molecule has 10 heteroatoms. The molecular formula is C20H17F3N2O4S. The van der Waals surface area contributed by atoms with Crippen molar-refractivity contribution in [2.75, 3.05) is 17.5 Å². The summed E-state index contributed by atoms with van der Waals surface area (Å²) in [5, 5.41) is 3.91. The summed E-state index contributed by atoms with van der Waals surface area (Å²) in [4.78, 5) is -0.437. The van der Waals surface area contributed by atoms with Crippen LogP contribution in [0.5, 0.6) is 5.75 Å². The van der Waals surface area contributed by atoms with Crippen LogP contribution in [-0.4, -0.2) is 26.7 Å². The highest BCUT2D eigenvalue weighted by Gasteiger charge is 2.35. The van der Waals surface area contributed by atoms with Crippen molar-refractivity contribution in [3.63, 3.8) is 0 Å². The van der Waals surface area contributed by atoms with Crippen molar-refractivity contribution in [3.8, 4) is 16.9 Å². The van der Waals surface area contributed by atoms with Gasteiger partial charge >= 0.3 is 6.18 Å². The number of alkyl halides is 3. The molecule has 0 spiro atoms. The molecule has 30 heavy (non-hydrogen) atoms. The number of sulfonamides is 1. The van der Waals surface area contributed by atoms with Crippen LogP contribution in [-0.2, 0) is 16.2 Å². The molecule has 0 saturated carbocycles. The van der Waals surface area contributed by atoms with E-state index in [0.717, 1.165) is 28.1 Å². The number of hydrogen-bond acceptors (Lipinski definition) is 5. The fourth-order valence-corrected chi connectivity index (χ4v) is 4.95. The third-order valence-electron chi connectivity index (χ3n) is 4.85. The zero-order valence-electron chi connectivity index (χ0n) is 16.0. The molecule has 2 heterocycles. The molecule has 0 bridgehead atoms. The van der Waals surface area contributed by atoms with Gasteiger partial charge in [-0.2, -0.15) is 13.2 Å². The molecule has 0 saturated heterocycles. The summed E-state index contributed by atoms with van der Waals surface area (Å²) < 4.78 is 77.5. The lowest BCUT2D eigenvalue weighted by molar-refractivity contribution is -0.137. The molecule has 0 fully saturated rings. The second kappa shape index (κ2) is 7.05. The highest BCUT2D eigenvalue weighted by atomic mass is 32.2. The van der Waals surface area contributed by atoms with Gasteiger partial charge in [0.1, 0.15) is 18.1 Å². The maximum Gasteiger partial charge on any atom is 0.416 e. The van der Waals surface area contributed by atoms with E-state index in [1.165, 1.54) is 0 Å². The molecule has 0 unspecified atom stereocenters. The van der Waals surface area contributed by atoms with E-state index in [9.17, 15) is 21.6 Å². The van der Waals surface area contributed by atoms with Crippen LogP contribution in [0.4, 0.5) is 18.9 Å². The Bertz CT molecular complexity index is 1200. The smallest absolute Gasteiger partial charge is 0.416 e. The number of hydrogen-bond donors (Lipinski definition) is 0. The Kier molecular flexibility index (Phi) is 4.76. The first-order chi connectivity index (χ1) is 14.1. The van der Waals surface area contributed by atoms with Crippen molar-refractivity contribution in [2.45, 2.75) is 24.9 Å². The predicted molar refractivity (Wildman–Crippen MR) is 103 cm³/mol. The Morgan fingerprint density at radius 1 is 1.10 bits per heavy atom. The van der Waals surface area contributed by atoms with Gasteiger partial charge in [-0.05, 0) is 49.7 Å². The average molecular weight is 438 g/mol. The van der Waals surface area contributed by atoms with E-state index in [-0.39, 0.29) is 18.8 Å². The van der Waals surface area contributed by atoms with Gasteiger partial charge in [0.2, 0.25) is 0 Å². The van der Waals surface area contributed by atoms with Crippen molar-refractivity contribution in [1.82, 2.24) is 5.16 Å². The Morgan fingerprint density at radius 3 is 2.53 bits per heavy atom. The molecule has 6 nitrogen and oxygen atoms in total. The lowest BCUT2D eigenvalue weighted by Crippen LogP contribution is -2.38. The van der Waals surface area contributed by atoms with Gasteiger partial charge in [-0.25, -0.2) is 8.42 Å². The van der Waals surface area contributed by atoms with Gasteiger partial charge in [0, 0.05) is 5.56 Å². The number of aromatic nitrogens is 1. The van der Waals surface area contributed by atoms with E-state index in [1.54, 1.807) is 32.0 Å². The summed E-state index contributed by atoms with van der Waals surface area (Å²) in [5.74, 6) is 0.892. The van der Waals surface area contributed by atoms with E-state index < -0.39 is 26.7 Å². The van der Waals surface area contributed by atoms with Gasteiger partial charge in [0.15, 0.2) is 0 Å². The van der Waals surface area contributed by atoms with Gasteiger partial charge in [0.25, 0.3) is 10.0 Å². The van der Waals surface area contributed by atoms with Gasteiger partial charge in [0.05, 0.1) is 28.4 Å². The molecular weight excluding hydrogens is 421 g/mol. The van der Waals surface area contributed by atoms with E-state index in [2.05, 4.69) is 5.16 Å². The number of rotatable bonds is 3. The number of benzene rings is 2. The lowest BCUT2D eigenvalue weighted by Gasteiger charge is -2.31. The normalized spacial score (nSPS) is 14.4. The van der Waals surface area contributed by atoms with Crippen molar-refractivity contribution in [2.24, 2.45) is 0 Å². The molecule has 0 radical (unpaired) electrons. The lowest BCUT2D eigenvalue weighted by atomic mass is 10.0. The Morgan fingerprint density at radius 2 is 1.87 bits per heavy atom. The van der Waals surface area contributed by atoms with Crippen LogP contribution >= 0.6 is 0 Å². The first kappa shape index (κ1) is 20.3. The van der Waals surface area contributed by atoms with Gasteiger partial charge in [-0.3, -0.25) is 4.31 Å². The topological polar surface area (TPSA) is 72.6 Å². The molecule has 0 atom stereocenters. The number of nitrogens with zero attached hydrogens (tertiary/aromatic N) is 2. The molecule has 0 N–H and O–H groups in total. The van der Waals surface area contributed by atoms with Gasteiger partial charge < -0.3 is 9.26 Å². The number of ether oxygens (including phenoxy) is 1. The number of halogens is 3. The van der Waals surface area contributed by atoms with Crippen molar-refractivity contribution < 1.29 is 30.8 Å². The summed E-state index contributed by atoms with van der Waals surface area (Å²) >= 11 is 0. The minimum Gasteiger partial charge on any atom is -0.489 e. The van der Waals surface area contributed by atoms with E-state index in [1.807, 2.05) is 0 Å². The summed E-state index contributed by atoms with van der Waals surface area (Å²) in [6.45, 7) is 3.55. The number of fused-ring (bicyclic) bond motifs is 1. The van der Waals surface area contributed by atoms with E-state index >= 15 is 0 Å². The van der Waals surface area contributed by atoms with Crippen LogP contribution in [0.3, 0.4) is 0 Å². The van der Waals surface area contributed by atoms with E-state index in [0.29, 0.717) is 28.8 Å². The number of aryl methyl sites for hydroxylation is 2. The van der Waals surface area contributed by atoms with Gasteiger partial charge in [-0.1, -0.05) is 17.3 Å². The zero-order valence-corrected chi connectivity index (χ0v) is 16.8. The molecule has 4 rings (SSSR count). The summed E-state index contributed by atoms with van der Waals surface area (Å²) in [7, 11) is -4.25. The molecule has 2 aromatic carbocycles. The van der Waals surface area contributed by atoms with Crippen LogP contribution in [0, 0.1) is 13.8 Å². The highest BCUT2D eigenvalue weighted by Crippen LogP contribution is 2.40. The summed E-state index contributed by atoms with van der Waals surface area (Å²) in [6.07, 6.45) is -4.65. The highest BCUT2D eigenvalue weighted by molar-refractivity contribution is 7.92. The van der Waals surface area contributed by atoms with Crippen molar-refractivity contribution in [1.29, 1.82) is 0 Å². The molecule has 3 aromatic rings. The standard InChI is InChI=1S/C20H17F3N2O4S/c1-12-19(13(2)29-24-12)14-6-7-18-17(10-14)25(8-9-28-18)30(26,27)16-5-3-4-15(11-16)20(21,22)23/h3-7,10-11H,8-9H2,1-2H3. The first-order valence-corrected chi connectivity index (χ1v) is 10.4. The van der Waals surface area contributed by atoms with Crippen LogP contribution in [0.1, 0.15) is 17.0 Å². The fourth-order valence-electron chi connectivity index (χ4n) is 3.45. The number of anilines is 1. The van der Waals surface area contributed by atoms with E-state index in [4.69, 9.17) is 9.26 Å². The molecule has 1 aromatic heterocycles. The SMILES string of the molecule is Cc1noc(C)c1-c1ccc2c(c1)N(S(=O)(=O)c1cccc(C(F)(F)F)c1)CCO2. The van der Waals surface area contributed by atoms with Crippen molar-refractivity contribution >= 4 is 15.7 Å². The molecule has 0 aliphatic carbocycles. The third kappa shape index (κ3) is 3.41. The van der Waals surface area contributed by atoms with Crippen LogP contribution in [0.15, 0.2) is 51.9 Å². The average Bonchev–Trinajstić information content (AvgIpc) is 3.04. The maximum atomic E-state index is 13.2. The van der Waals surface area contributed by atoms with Crippen LogP contribution in [0.2, 0.25) is 0 Å². The fraction of sp³-hybridized carbons (Fsp3) is 0.250. The maximum absolute atomic E-state index is 13.2. The van der Waals surface area contributed by atoms with Crippen LogP contribution < -0.4 is 9.04 Å². The quantitative estimate of drug-likeness (QED) is 0.599. The molecule has 0 amide bonds. The third-order valence-corrected chi connectivity index (χ3v) is 6.66. The minimum absolute atomic E-state index is 0.0311. The second-order valence-corrected chi connectivity index (χ2v) is 8.70. The minimum atomic E-state index is -4.65. The second-order valence-electron chi connectivity index (χ2n) is 6.83. The van der Waals surface area contributed by atoms with Gasteiger partial charge in [-0.15, -0.1) is 0 Å². The molecule has 1 aliphatic heterocycles. The largest absolute Gasteiger partial charge is 0.489 e. The Hall–Kier alpha value is -3.01. The monoisotopic (exact) mass is 438 g/mol. The molecule has 158 valence electrons. The predicted octanol–water partition coefficient (Wildman–Crippen LogP) is 4.56. The zero-order chi connectivity index (χ0) is 21.7. The first-order valence-electron chi connectivity index (χ1n) is 8.99. The summed E-state index contributed by atoms with van der Waals surface area (Å²) in [5.41, 5.74) is 1.24. The van der Waals surface area contributed by atoms with Crippen LogP contribution in [0.25, 0.3) is 11.1 Å². The Balaban J connectivity index is 1.82.